The Morgan fingerprint density at radius 2 is 1.85 bits per heavy atom. The van der Waals surface area contributed by atoms with E-state index in [1.165, 1.54) is 13.2 Å². The SMILES string of the molecule is COc1ccc(N)cc1Oc1cc(C(F)(F)F)ccn1. The van der Waals surface area contributed by atoms with Gasteiger partial charge >= 0.3 is 6.18 Å². The van der Waals surface area contributed by atoms with Gasteiger partial charge in [-0.2, -0.15) is 13.2 Å². The van der Waals surface area contributed by atoms with Crippen LogP contribution >= 0.6 is 0 Å². The molecule has 1 heterocycles. The van der Waals surface area contributed by atoms with Crippen LogP contribution in [0.3, 0.4) is 0 Å². The van der Waals surface area contributed by atoms with Crippen LogP contribution in [0.2, 0.25) is 0 Å². The van der Waals surface area contributed by atoms with E-state index in [1.54, 1.807) is 12.1 Å². The molecule has 7 heteroatoms. The minimum absolute atomic E-state index is 0.191. The molecule has 0 fully saturated rings. The summed E-state index contributed by atoms with van der Waals surface area (Å²) >= 11 is 0. The smallest absolute Gasteiger partial charge is 0.416 e. The molecule has 2 rings (SSSR count). The molecule has 0 aliphatic heterocycles. The molecule has 2 N–H and O–H groups in total. The molecule has 0 atom stereocenters. The van der Waals surface area contributed by atoms with Gasteiger partial charge in [0.25, 0.3) is 0 Å². The van der Waals surface area contributed by atoms with Crippen LogP contribution in [-0.2, 0) is 6.18 Å². The van der Waals surface area contributed by atoms with Crippen LogP contribution in [0.25, 0.3) is 0 Å². The van der Waals surface area contributed by atoms with E-state index < -0.39 is 11.7 Å². The molecular formula is C13H11F3N2O2. The zero-order valence-electron chi connectivity index (χ0n) is 10.4. The summed E-state index contributed by atoms with van der Waals surface area (Å²) in [5.74, 6) is 0.349. The maximum absolute atomic E-state index is 12.6. The van der Waals surface area contributed by atoms with Crippen LogP contribution < -0.4 is 15.2 Å². The molecular weight excluding hydrogens is 273 g/mol. The number of anilines is 1. The molecule has 4 nitrogen and oxygen atoms in total. The number of alkyl halides is 3. The normalized spacial score (nSPS) is 11.2. The monoisotopic (exact) mass is 284 g/mol. The quantitative estimate of drug-likeness (QED) is 0.877. The standard InChI is InChI=1S/C13H11F3N2O2/c1-19-10-3-2-9(17)7-11(10)20-12-6-8(4-5-18-12)13(14,15)16/h2-7H,17H2,1H3. The molecule has 0 saturated carbocycles. The van der Waals surface area contributed by atoms with Gasteiger partial charge in [-0.15, -0.1) is 0 Å². The van der Waals surface area contributed by atoms with Gasteiger partial charge in [-0.3, -0.25) is 0 Å². The molecule has 0 unspecified atom stereocenters. The third kappa shape index (κ3) is 3.11. The Bertz CT molecular complexity index is 615. The summed E-state index contributed by atoms with van der Waals surface area (Å²) in [6.45, 7) is 0. The number of nitrogens with two attached hydrogens (primary N) is 1. The van der Waals surface area contributed by atoms with Gasteiger partial charge in [0.1, 0.15) is 0 Å². The Morgan fingerprint density at radius 3 is 2.50 bits per heavy atom. The van der Waals surface area contributed by atoms with Gasteiger partial charge in [0.05, 0.1) is 12.7 Å². The van der Waals surface area contributed by atoms with E-state index in [2.05, 4.69) is 4.98 Å². The molecule has 106 valence electrons. The third-order valence-corrected chi connectivity index (χ3v) is 2.46. The second kappa shape index (κ2) is 5.28. The number of benzene rings is 1. The van der Waals surface area contributed by atoms with E-state index in [1.807, 2.05) is 0 Å². The van der Waals surface area contributed by atoms with Crippen LogP contribution in [0.15, 0.2) is 36.5 Å². The molecule has 0 aliphatic carbocycles. The molecule has 0 aliphatic rings. The molecule has 20 heavy (non-hydrogen) atoms. The number of pyridine rings is 1. The second-order valence-electron chi connectivity index (χ2n) is 3.89. The lowest BCUT2D eigenvalue weighted by Gasteiger charge is -2.11. The van der Waals surface area contributed by atoms with Crippen molar-refractivity contribution in [1.82, 2.24) is 4.98 Å². The van der Waals surface area contributed by atoms with Crippen molar-refractivity contribution in [3.63, 3.8) is 0 Å². The number of rotatable bonds is 3. The number of hydrogen-bond acceptors (Lipinski definition) is 4. The lowest BCUT2D eigenvalue weighted by Crippen LogP contribution is -2.05. The summed E-state index contributed by atoms with van der Waals surface area (Å²) in [6, 6.07) is 6.26. The summed E-state index contributed by atoms with van der Waals surface area (Å²) in [4.78, 5) is 3.73. The molecule has 0 saturated heterocycles. The maximum atomic E-state index is 12.6. The van der Waals surface area contributed by atoms with Gasteiger partial charge in [-0.05, 0) is 18.2 Å². The largest absolute Gasteiger partial charge is 0.493 e. The molecule has 0 amide bonds. The summed E-state index contributed by atoms with van der Waals surface area (Å²) in [5.41, 5.74) is 5.15. The molecule has 0 radical (unpaired) electrons. The Morgan fingerprint density at radius 1 is 1.10 bits per heavy atom. The van der Waals surface area contributed by atoms with Crippen molar-refractivity contribution >= 4 is 5.69 Å². The van der Waals surface area contributed by atoms with Crippen molar-refractivity contribution in [2.24, 2.45) is 0 Å². The molecule has 0 bridgehead atoms. The lowest BCUT2D eigenvalue weighted by atomic mass is 10.2. The average molecular weight is 284 g/mol. The first-order valence-corrected chi connectivity index (χ1v) is 5.55. The number of nitrogen functional groups attached to an aromatic ring is 1. The van der Waals surface area contributed by atoms with E-state index in [4.69, 9.17) is 15.2 Å². The Labute approximate surface area is 113 Å². The molecule has 1 aromatic heterocycles. The van der Waals surface area contributed by atoms with Crippen LogP contribution in [0.5, 0.6) is 17.4 Å². The Balaban J connectivity index is 2.33. The summed E-state index contributed by atoms with van der Waals surface area (Å²) < 4.78 is 48.1. The topological polar surface area (TPSA) is 57.4 Å². The van der Waals surface area contributed by atoms with Crippen LogP contribution in [0.4, 0.5) is 18.9 Å². The molecule has 1 aromatic carbocycles. The van der Waals surface area contributed by atoms with Crippen molar-refractivity contribution in [3.8, 4) is 17.4 Å². The van der Waals surface area contributed by atoms with Gasteiger partial charge in [-0.1, -0.05) is 0 Å². The minimum Gasteiger partial charge on any atom is -0.493 e. The zero-order valence-corrected chi connectivity index (χ0v) is 10.4. The average Bonchev–Trinajstić information content (AvgIpc) is 2.38. The fourth-order valence-corrected chi connectivity index (χ4v) is 1.53. The van der Waals surface area contributed by atoms with Crippen LogP contribution in [0, 0.1) is 0 Å². The first-order chi connectivity index (χ1) is 9.40. The number of hydrogen-bond donors (Lipinski definition) is 1. The van der Waals surface area contributed by atoms with E-state index in [0.717, 1.165) is 18.3 Å². The Kier molecular flexibility index (Phi) is 3.69. The van der Waals surface area contributed by atoms with Gasteiger partial charge in [0, 0.05) is 24.0 Å². The first kappa shape index (κ1) is 14.0. The highest BCUT2D eigenvalue weighted by atomic mass is 19.4. The van der Waals surface area contributed by atoms with Gasteiger partial charge < -0.3 is 15.2 Å². The fraction of sp³-hybridized carbons (Fsp3) is 0.154. The van der Waals surface area contributed by atoms with Crippen molar-refractivity contribution in [3.05, 3.63) is 42.1 Å². The lowest BCUT2D eigenvalue weighted by molar-refractivity contribution is -0.137. The van der Waals surface area contributed by atoms with E-state index in [0.29, 0.717) is 11.4 Å². The van der Waals surface area contributed by atoms with E-state index in [9.17, 15) is 13.2 Å². The summed E-state index contributed by atoms with van der Waals surface area (Å²) in [7, 11) is 1.41. The van der Waals surface area contributed by atoms with Crippen LogP contribution in [-0.4, -0.2) is 12.1 Å². The molecule has 2 aromatic rings. The van der Waals surface area contributed by atoms with Gasteiger partial charge in [0.15, 0.2) is 11.5 Å². The summed E-state index contributed by atoms with van der Waals surface area (Å²) in [5, 5.41) is 0. The Hall–Kier alpha value is -2.44. The van der Waals surface area contributed by atoms with Crippen molar-refractivity contribution in [2.75, 3.05) is 12.8 Å². The van der Waals surface area contributed by atoms with Crippen molar-refractivity contribution in [1.29, 1.82) is 0 Å². The number of nitrogens with zero attached hydrogens (tertiary/aromatic N) is 1. The maximum Gasteiger partial charge on any atom is 0.416 e. The highest BCUT2D eigenvalue weighted by molar-refractivity contribution is 5.53. The highest BCUT2D eigenvalue weighted by Gasteiger charge is 2.31. The first-order valence-electron chi connectivity index (χ1n) is 5.55. The van der Waals surface area contributed by atoms with Gasteiger partial charge in [0.2, 0.25) is 5.88 Å². The zero-order chi connectivity index (χ0) is 14.8. The highest BCUT2D eigenvalue weighted by Crippen LogP contribution is 2.35. The van der Waals surface area contributed by atoms with Gasteiger partial charge in [-0.25, -0.2) is 4.98 Å². The number of ether oxygens (including phenoxy) is 2. The number of halogens is 3. The second-order valence-corrected chi connectivity index (χ2v) is 3.89. The van der Waals surface area contributed by atoms with Crippen molar-refractivity contribution < 1.29 is 22.6 Å². The number of aromatic nitrogens is 1. The minimum atomic E-state index is -4.46. The number of methoxy groups -OCH3 is 1. The van der Waals surface area contributed by atoms with Crippen molar-refractivity contribution in [2.45, 2.75) is 6.18 Å². The predicted octanol–water partition coefficient (Wildman–Crippen LogP) is 3.48. The van der Waals surface area contributed by atoms with E-state index >= 15 is 0 Å². The van der Waals surface area contributed by atoms with Crippen LogP contribution in [0.1, 0.15) is 5.56 Å². The molecule has 0 spiro atoms. The third-order valence-electron chi connectivity index (χ3n) is 2.46. The van der Waals surface area contributed by atoms with E-state index in [-0.39, 0.29) is 11.6 Å². The predicted molar refractivity (Wildman–Crippen MR) is 66.7 cm³/mol. The fourth-order valence-electron chi connectivity index (χ4n) is 1.53. The summed E-state index contributed by atoms with van der Waals surface area (Å²) in [6.07, 6.45) is -3.43.